The van der Waals surface area contributed by atoms with Crippen LogP contribution < -0.4 is 0 Å². The first-order valence-electron chi connectivity index (χ1n) is 51.6. The molecule has 8 aromatic heterocycles. The van der Waals surface area contributed by atoms with Gasteiger partial charge >= 0.3 is 0 Å². The van der Waals surface area contributed by atoms with Crippen molar-refractivity contribution in [3.05, 3.63) is 491 Å². The van der Waals surface area contributed by atoms with Gasteiger partial charge in [0.15, 0.2) is 17.5 Å². The summed E-state index contributed by atoms with van der Waals surface area (Å²) >= 11 is 0. The summed E-state index contributed by atoms with van der Waals surface area (Å²) in [5.74, 6) is 1.88. The highest BCUT2D eigenvalue weighted by molar-refractivity contribution is 6.23. The van der Waals surface area contributed by atoms with Crippen molar-refractivity contribution in [2.24, 2.45) is 0 Å². The fourth-order valence-corrected chi connectivity index (χ4v) is 20.7. The van der Waals surface area contributed by atoms with Crippen molar-refractivity contribution < 1.29 is 13.7 Å². The van der Waals surface area contributed by atoms with E-state index in [-0.39, 0.29) is 53.2 Å². The fourth-order valence-electron chi connectivity index (χ4n) is 20.7. The highest BCUT2D eigenvalue weighted by Crippen LogP contribution is 2.48. The van der Waals surface area contributed by atoms with E-state index in [4.69, 9.17) is 43.6 Å². The Kier molecular flexibility index (Phi) is 17.0. The lowest BCUT2D eigenvalue weighted by Crippen LogP contribution is -2.04. The maximum Gasteiger partial charge on any atom is 0.165 e. The van der Waals surface area contributed by atoms with Crippen LogP contribution >= 0.6 is 0 Å². The minimum atomic E-state index is -0.449. The van der Waals surface area contributed by atoms with Crippen molar-refractivity contribution in [3.8, 4) is 101 Å². The van der Waals surface area contributed by atoms with Gasteiger partial charge in [0.25, 0.3) is 0 Å². The normalized spacial score (nSPS) is 12.7. The summed E-state index contributed by atoms with van der Waals surface area (Å²) in [7, 11) is 0. The molecule has 0 radical (unpaired) electrons. The van der Waals surface area contributed by atoms with Crippen LogP contribution in [0, 0.1) is 0 Å². The second-order valence-electron chi connectivity index (χ2n) is 35.1. The molecule has 21 aromatic carbocycles. The molecule has 0 spiro atoms. The van der Waals surface area contributed by atoms with Crippen molar-refractivity contribution in [2.45, 2.75) is 0 Å². The fraction of sp³-hybridized carbons (Fsp3) is 0. The van der Waals surface area contributed by atoms with E-state index in [0.717, 1.165) is 181 Å². The highest BCUT2D eigenvalue weighted by atomic mass is 15.1. The molecule has 0 aliphatic heterocycles. The lowest BCUT2D eigenvalue weighted by atomic mass is 9.98. The number of benzene rings is 21. The maximum atomic E-state index is 8.86. The molecule has 0 aliphatic rings. The lowest BCUT2D eigenvalue weighted by molar-refractivity contribution is 1.08. The Bertz CT molecular complexity index is 10700. The molecule has 0 amide bonds. The van der Waals surface area contributed by atoms with E-state index in [2.05, 4.69) is 275 Å². The van der Waals surface area contributed by atoms with Crippen molar-refractivity contribution >= 4 is 164 Å². The number of nitrogens with zero attached hydrogens (tertiary/aromatic N) is 11. The predicted octanol–water partition coefficient (Wildman–Crippen LogP) is 33.0. The summed E-state index contributed by atoms with van der Waals surface area (Å²) in [6.07, 6.45) is 1.84. The molecule has 140 heavy (non-hydrogen) atoms. The van der Waals surface area contributed by atoms with Crippen LogP contribution in [0.4, 0.5) is 0 Å². The van der Waals surface area contributed by atoms with Gasteiger partial charge in [0.1, 0.15) is 17.1 Å². The average molecular weight is 1800 g/mol. The van der Waals surface area contributed by atoms with Crippen molar-refractivity contribution in [1.82, 2.24) is 53.2 Å². The minimum Gasteiger partial charge on any atom is -0.309 e. The lowest BCUT2D eigenvalue weighted by Gasteiger charge is -2.14. The number of hydrogen-bond donors (Lipinski definition) is 0. The van der Waals surface area contributed by atoms with Gasteiger partial charge < -0.3 is 4.57 Å². The van der Waals surface area contributed by atoms with Gasteiger partial charge in [-0.3, -0.25) is 18.7 Å². The van der Waals surface area contributed by atoms with E-state index in [1.54, 1.807) is 4.57 Å². The first kappa shape index (κ1) is 70.7. The predicted molar refractivity (Wildman–Crippen MR) is 582 cm³/mol. The first-order chi connectivity index (χ1) is 73.6. The molecule has 0 N–H and O–H groups in total. The molecule has 29 aromatic rings. The molecule has 0 bridgehead atoms. The van der Waals surface area contributed by atoms with Crippen LogP contribution in [-0.2, 0) is 0 Å². The molecule has 0 fully saturated rings. The van der Waals surface area contributed by atoms with Gasteiger partial charge in [-0.1, -0.05) is 352 Å². The number of aromatic nitrogens is 11. The molecule has 8 heterocycles. The van der Waals surface area contributed by atoms with E-state index in [1.165, 1.54) is 32.7 Å². The molecule has 0 saturated heterocycles. The zero-order valence-electron chi connectivity index (χ0n) is 84.9. The van der Waals surface area contributed by atoms with E-state index in [0.29, 0.717) is 33.9 Å². The van der Waals surface area contributed by atoms with E-state index < -0.39 is 24.2 Å². The van der Waals surface area contributed by atoms with Crippen LogP contribution in [0.1, 0.15) is 13.7 Å². The van der Waals surface area contributed by atoms with Gasteiger partial charge in [-0.15, -0.1) is 0 Å². The van der Waals surface area contributed by atoms with Gasteiger partial charge in [-0.2, -0.15) is 0 Å². The molecule has 652 valence electrons. The molecule has 11 nitrogen and oxygen atoms in total. The summed E-state index contributed by atoms with van der Waals surface area (Å²) in [6.45, 7) is 0. The van der Waals surface area contributed by atoms with Crippen molar-refractivity contribution in [3.63, 3.8) is 0 Å². The second-order valence-corrected chi connectivity index (χ2v) is 35.1. The van der Waals surface area contributed by atoms with Crippen LogP contribution in [-0.4, -0.2) is 53.2 Å². The third-order valence-electron chi connectivity index (χ3n) is 27.0. The molecular formula is C129H81N11. The van der Waals surface area contributed by atoms with Gasteiger partial charge in [0.05, 0.1) is 96.5 Å². The summed E-state index contributed by atoms with van der Waals surface area (Å²) in [5.41, 5.74) is 25.6. The van der Waals surface area contributed by atoms with Crippen LogP contribution in [0.15, 0.2) is 491 Å². The van der Waals surface area contributed by atoms with E-state index >= 15 is 0 Å². The molecule has 0 unspecified atom stereocenters. The van der Waals surface area contributed by atoms with Crippen LogP contribution in [0.5, 0.6) is 0 Å². The zero-order chi connectivity index (χ0) is 101. The summed E-state index contributed by atoms with van der Waals surface area (Å²) in [6, 6.07) is 142. The Morgan fingerprint density at radius 1 is 0.179 bits per heavy atom. The van der Waals surface area contributed by atoms with Crippen molar-refractivity contribution in [1.29, 1.82) is 0 Å². The Morgan fingerprint density at radius 3 is 0.971 bits per heavy atom. The quantitative estimate of drug-likeness (QED) is 0.127. The van der Waals surface area contributed by atoms with Gasteiger partial charge in [-0.05, 0) is 210 Å². The third-order valence-corrected chi connectivity index (χ3v) is 27.0. The van der Waals surface area contributed by atoms with E-state index in [9.17, 15) is 0 Å². The Labute approximate surface area is 818 Å². The number of pyridine rings is 1. The second kappa shape index (κ2) is 33.6. The number of rotatable bonds is 11. The molecule has 11 heteroatoms. The summed E-state index contributed by atoms with van der Waals surface area (Å²) < 4.78 is 93.9. The number of para-hydroxylation sites is 8. The Balaban J connectivity index is 0.000000112. The molecular weight excluding hydrogens is 1700 g/mol. The SMILES string of the molecule is [2H]c1c([2H])c([2H])c(-c2nc3ccccc3nc2-n2c3cc4ccccc4cc3c3c(-c4ccccc4)cccc32)c([2H])c1[2H].[2H]c1c([2H])c([2H])c(-n2c3ccccc3c3cc(-c4nc5ccccc5nc4-n4c5cc6ccccc6cc5c5c(-c6ccccc6)cccc54)ccc32)c([2H])c1[2H].c1ccc(-c2cccc3c2c2cc4ccccc4cc2n3-c2nc3ccccc3nc2-c2ccc(-c3ccc4cccnc4c3)cc2)cc1. The first-order valence-corrected chi connectivity index (χ1v) is 46.6. The topological polar surface area (TPSA) is 110 Å². The van der Waals surface area contributed by atoms with Crippen LogP contribution in [0.25, 0.3) is 265 Å². The van der Waals surface area contributed by atoms with Crippen LogP contribution in [0.2, 0.25) is 0 Å². The highest BCUT2D eigenvalue weighted by Gasteiger charge is 2.28. The zero-order valence-corrected chi connectivity index (χ0v) is 74.9. The average Bonchev–Trinajstić information content (AvgIpc) is 1.56. The summed E-state index contributed by atoms with van der Waals surface area (Å²) in [4.78, 5) is 36.1. The third kappa shape index (κ3) is 13.8. The number of fused-ring (bicyclic) bond motifs is 19. The van der Waals surface area contributed by atoms with Crippen LogP contribution in [0.3, 0.4) is 0 Å². The maximum absolute atomic E-state index is 8.86. The minimum absolute atomic E-state index is 0.0132. The molecule has 0 atom stereocenters. The molecule has 29 rings (SSSR count). The van der Waals surface area contributed by atoms with Gasteiger partial charge in [-0.25, -0.2) is 29.9 Å². The smallest absolute Gasteiger partial charge is 0.165 e. The van der Waals surface area contributed by atoms with E-state index in [1.807, 2.05) is 175 Å². The van der Waals surface area contributed by atoms with Crippen molar-refractivity contribution in [2.75, 3.05) is 0 Å². The monoisotopic (exact) mass is 1790 g/mol. The summed E-state index contributed by atoms with van der Waals surface area (Å²) in [5, 5.41) is 16.4. The largest absolute Gasteiger partial charge is 0.309 e. The number of hydrogen-bond acceptors (Lipinski definition) is 7. The Morgan fingerprint density at radius 2 is 0.521 bits per heavy atom. The van der Waals surface area contributed by atoms with Gasteiger partial charge in [0.2, 0.25) is 0 Å². The molecule has 0 aliphatic carbocycles. The standard InChI is InChI=1S/C48H30N4.C45H28N4.C36H23N3/c1-3-14-31(15-4-1)36-21-13-25-44-46(36)39-28-32-16-7-8-17-33(32)30-45(39)52(44)48-47(49-40-22-10-11-23-41(40)50-48)34-26-27-43-38(29-34)37-20-9-12-24-42(37)51(43)35-18-5-2-6-19-35;1-2-10-30(11-3-1)36-15-8-18-41-43(36)37-26-33-12-4-5-13-34(33)28-42(37)49(41)45-44(47-38-16-6-7-17-39(38)48-45)32-22-19-29(20-23-32)35-24-21-31-14-9-25-46-40(31)27-35;1-3-12-24(13-4-1)28-18-11-21-32-34(28)29-22-26-16-7-8-17-27(26)23-33(29)39(32)36-35(25-14-5-2-6-15-25)37-30-19-9-10-20-31(30)38-36/h1-30H;1-28H;1-23H/i2D,5D,6D,18D,19D;;2D,5D,6D,14D,15D. The molecule has 0 saturated carbocycles. The Hall–Kier alpha value is -19.0. The van der Waals surface area contributed by atoms with Gasteiger partial charge in [0, 0.05) is 77.1 Å².